The van der Waals surface area contributed by atoms with Crippen molar-refractivity contribution < 1.29 is 9.53 Å². The van der Waals surface area contributed by atoms with E-state index in [1.165, 1.54) is 7.11 Å². The number of carbonyl (C=O) groups is 1. The molecular weight excluding hydrogens is 358 g/mol. The number of hydrogen-bond donors (Lipinski definition) is 2. The Kier molecular flexibility index (Phi) is 5.07. The van der Waals surface area contributed by atoms with Crippen LogP contribution in [0.5, 0.6) is 0 Å². The maximum absolute atomic E-state index is 12.0. The lowest BCUT2D eigenvalue weighted by Gasteiger charge is -2.43. The van der Waals surface area contributed by atoms with Crippen LogP contribution >= 0.6 is 11.8 Å². The van der Waals surface area contributed by atoms with Gasteiger partial charge in [0.05, 0.1) is 36.1 Å². The maximum Gasteiger partial charge on any atom is 0.338 e. The zero-order valence-corrected chi connectivity index (χ0v) is 16.1. The molecule has 0 radical (unpaired) electrons. The Morgan fingerprint density at radius 1 is 1.11 bits per heavy atom. The Balaban J connectivity index is 1.68. The van der Waals surface area contributed by atoms with Crippen LogP contribution in [0, 0.1) is 0 Å². The topological polar surface area (TPSA) is 62.7 Å². The van der Waals surface area contributed by atoms with E-state index in [9.17, 15) is 4.79 Å². The minimum atomic E-state index is -0.324. The van der Waals surface area contributed by atoms with Crippen LogP contribution in [0.4, 0.5) is 11.4 Å². The number of esters is 1. The molecule has 1 fully saturated rings. The molecule has 2 aromatic rings. The minimum absolute atomic E-state index is 0.167. The van der Waals surface area contributed by atoms with Crippen molar-refractivity contribution in [2.75, 3.05) is 29.2 Å². The summed E-state index contributed by atoms with van der Waals surface area (Å²) in [6.45, 7) is 0.437. The molecule has 0 amide bonds. The van der Waals surface area contributed by atoms with Crippen LogP contribution in [0.15, 0.2) is 53.5 Å². The summed E-state index contributed by atoms with van der Waals surface area (Å²) in [6, 6.07) is 15.7. The number of nitrogens with one attached hydrogen (secondary N) is 2. The first kappa shape index (κ1) is 17.9. The van der Waals surface area contributed by atoms with Crippen molar-refractivity contribution in [3.63, 3.8) is 0 Å². The molecule has 2 aliphatic heterocycles. The average Bonchev–Trinajstić information content (AvgIpc) is 2.72. The zero-order chi connectivity index (χ0) is 18.7. The Morgan fingerprint density at radius 2 is 1.81 bits per heavy atom. The number of rotatable bonds is 3. The summed E-state index contributed by atoms with van der Waals surface area (Å²) in [4.78, 5) is 17.0. The van der Waals surface area contributed by atoms with E-state index in [1.54, 1.807) is 6.07 Å². The number of ether oxygens (including phenoxy) is 1. The van der Waals surface area contributed by atoms with E-state index in [1.807, 2.05) is 42.1 Å². The summed E-state index contributed by atoms with van der Waals surface area (Å²) in [5.41, 5.74) is 3.44. The van der Waals surface area contributed by atoms with Crippen LogP contribution in [0.3, 0.4) is 0 Å². The van der Waals surface area contributed by atoms with Crippen molar-refractivity contribution in [3.05, 3.63) is 59.7 Å². The lowest BCUT2D eigenvalue weighted by molar-refractivity contribution is 0.0599. The number of fused-ring (bicyclic) bond motifs is 1. The number of amidine groups is 1. The van der Waals surface area contributed by atoms with Gasteiger partial charge in [0.1, 0.15) is 5.84 Å². The largest absolute Gasteiger partial charge is 0.465 e. The van der Waals surface area contributed by atoms with Crippen molar-refractivity contribution in [1.82, 2.24) is 0 Å². The smallest absolute Gasteiger partial charge is 0.338 e. The molecular formula is C21H23N3O2S. The van der Waals surface area contributed by atoms with Gasteiger partial charge >= 0.3 is 5.97 Å². The molecule has 0 atom stereocenters. The number of carbonyl (C=O) groups excluding carboxylic acids is 1. The third-order valence-corrected chi connectivity index (χ3v) is 6.17. The van der Waals surface area contributed by atoms with Crippen molar-refractivity contribution in [3.8, 4) is 0 Å². The quantitative estimate of drug-likeness (QED) is 0.781. The van der Waals surface area contributed by atoms with E-state index in [4.69, 9.17) is 9.73 Å². The first-order valence-corrected chi connectivity index (χ1v) is 10.3. The predicted molar refractivity (Wildman–Crippen MR) is 112 cm³/mol. The van der Waals surface area contributed by atoms with Gasteiger partial charge in [-0.1, -0.05) is 30.3 Å². The van der Waals surface area contributed by atoms with Crippen LogP contribution in [-0.4, -0.2) is 36.0 Å². The van der Waals surface area contributed by atoms with Gasteiger partial charge in [0.15, 0.2) is 0 Å². The van der Waals surface area contributed by atoms with E-state index in [2.05, 4.69) is 22.8 Å². The van der Waals surface area contributed by atoms with E-state index < -0.39 is 0 Å². The highest BCUT2D eigenvalue weighted by Crippen LogP contribution is 2.38. The minimum Gasteiger partial charge on any atom is -0.465 e. The lowest BCUT2D eigenvalue weighted by atomic mass is 9.87. The third kappa shape index (κ3) is 3.54. The Morgan fingerprint density at radius 3 is 2.59 bits per heavy atom. The van der Waals surface area contributed by atoms with Gasteiger partial charge < -0.3 is 15.4 Å². The van der Waals surface area contributed by atoms with Gasteiger partial charge in [-0.15, -0.1) is 0 Å². The van der Waals surface area contributed by atoms with Gasteiger partial charge in [-0.05, 0) is 48.1 Å². The van der Waals surface area contributed by atoms with Crippen LogP contribution in [-0.2, 0) is 11.3 Å². The molecule has 1 saturated heterocycles. The molecule has 27 heavy (non-hydrogen) atoms. The molecule has 0 aliphatic carbocycles. The molecule has 2 aliphatic rings. The summed E-state index contributed by atoms with van der Waals surface area (Å²) in [5, 5.41) is 7.30. The van der Waals surface area contributed by atoms with E-state index in [0.717, 1.165) is 47.1 Å². The normalized spacial score (nSPS) is 19.1. The van der Waals surface area contributed by atoms with Crippen LogP contribution < -0.4 is 10.6 Å². The molecule has 0 bridgehead atoms. The number of anilines is 2. The third-order valence-electron chi connectivity index (χ3n) is 5.18. The van der Waals surface area contributed by atoms with E-state index >= 15 is 0 Å². The fourth-order valence-electron chi connectivity index (χ4n) is 3.67. The molecule has 0 unspecified atom stereocenters. The van der Waals surface area contributed by atoms with Gasteiger partial charge in [0.25, 0.3) is 0 Å². The van der Waals surface area contributed by atoms with Crippen LogP contribution in [0.25, 0.3) is 0 Å². The Bertz CT molecular complexity index is 875. The molecule has 4 rings (SSSR count). The Labute approximate surface area is 163 Å². The number of hydrogen-bond acceptors (Lipinski definition) is 5. The van der Waals surface area contributed by atoms with Crippen molar-refractivity contribution in [1.29, 1.82) is 0 Å². The molecule has 6 heteroatoms. The van der Waals surface area contributed by atoms with Gasteiger partial charge in [-0.2, -0.15) is 11.8 Å². The number of para-hydroxylation sites is 2. The monoisotopic (exact) mass is 381 g/mol. The highest BCUT2D eigenvalue weighted by Gasteiger charge is 2.41. The first-order valence-electron chi connectivity index (χ1n) is 9.15. The molecule has 2 aromatic carbocycles. The summed E-state index contributed by atoms with van der Waals surface area (Å²) in [5.74, 6) is 2.85. The molecule has 2 heterocycles. The summed E-state index contributed by atoms with van der Waals surface area (Å²) in [7, 11) is 1.41. The fraction of sp³-hybridized carbons (Fsp3) is 0.333. The highest BCUT2D eigenvalue weighted by atomic mass is 32.2. The van der Waals surface area contributed by atoms with Crippen LogP contribution in [0.2, 0.25) is 0 Å². The lowest BCUT2D eigenvalue weighted by Crippen LogP contribution is -2.54. The maximum atomic E-state index is 12.0. The van der Waals surface area contributed by atoms with Gasteiger partial charge in [0, 0.05) is 0 Å². The van der Waals surface area contributed by atoms with Gasteiger partial charge in [-0.3, -0.25) is 4.99 Å². The van der Waals surface area contributed by atoms with Crippen molar-refractivity contribution in [2.45, 2.75) is 24.9 Å². The second-order valence-electron chi connectivity index (χ2n) is 6.80. The molecule has 0 saturated carbocycles. The van der Waals surface area contributed by atoms with Crippen molar-refractivity contribution in [2.24, 2.45) is 4.99 Å². The summed E-state index contributed by atoms with van der Waals surface area (Å²) >= 11 is 1.99. The molecule has 2 N–H and O–H groups in total. The van der Waals surface area contributed by atoms with Gasteiger partial charge in [-0.25, -0.2) is 4.79 Å². The highest BCUT2D eigenvalue weighted by molar-refractivity contribution is 7.99. The van der Waals surface area contributed by atoms with E-state index in [0.29, 0.717) is 12.1 Å². The number of benzene rings is 2. The fourth-order valence-corrected chi connectivity index (χ4v) is 4.86. The standard InChI is InChI=1S/C21H23N3O2S/c1-26-19(25)16-7-3-2-6-15(16)14-22-20-21(10-12-27-13-11-21)24-18-9-5-4-8-17(18)23-20/h2-9,24H,10-14H2,1H3,(H,22,23). The number of thioether (sulfide) groups is 1. The Hall–Kier alpha value is -2.47. The van der Waals surface area contributed by atoms with Gasteiger partial charge in [0.2, 0.25) is 0 Å². The number of nitrogens with zero attached hydrogens (tertiary/aromatic N) is 1. The molecule has 140 valence electrons. The number of methoxy groups -OCH3 is 1. The predicted octanol–water partition coefficient (Wildman–Crippen LogP) is 4.18. The van der Waals surface area contributed by atoms with Crippen LogP contribution in [0.1, 0.15) is 28.8 Å². The summed E-state index contributed by atoms with van der Waals surface area (Å²) in [6.07, 6.45) is 2.05. The van der Waals surface area contributed by atoms with Crippen molar-refractivity contribution >= 4 is 34.9 Å². The molecule has 0 aromatic heterocycles. The zero-order valence-electron chi connectivity index (χ0n) is 15.3. The summed E-state index contributed by atoms with van der Waals surface area (Å²) < 4.78 is 4.91. The second kappa shape index (κ2) is 7.64. The van der Waals surface area contributed by atoms with E-state index in [-0.39, 0.29) is 11.5 Å². The SMILES string of the molecule is COC(=O)c1ccccc1CN=C1Nc2ccccc2NC12CCSCC2. The molecule has 1 spiro atoms. The number of aliphatic imine (C=N–C) groups is 1. The average molecular weight is 382 g/mol. The second-order valence-corrected chi connectivity index (χ2v) is 8.03. The molecule has 5 nitrogen and oxygen atoms in total. The first-order chi connectivity index (χ1) is 13.2.